The number of amides is 3. The van der Waals surface area contributed by atoms with Crippen molar-refractivity contribution in [3.63, 3.8) is 0 Å². The van der Waals surface area contributed by atoms with E-state index in [4.69, 9.17) is 5.73 Å². The molecule has 0 saturated heterocycles. The second-order valence-corrected chi connectivity index (χ2v) is 7.02. The number of benzene rings is 2. The van der Waals surface area contributed by atoms with E-state index in [0.717, 1.165) is 0 Å². The Balaban J connectivity index is 1.54. The van der Waals surface area contributed by atoms with E-state index < -0.39 is 24.4 Å². The monoisotopic (exact) mass is 445 g/mol. The molecule has 1 aliphatic rings. The molecular weight excluding hydrogens is 427 g/mol. The van der Waals surface area contributed by atoms with Crippen molar-refractivity contribution in [3.8, 4) is 17.0 Å². The minimum Gasteiger partial charge on any atom is -0.435 e. The number of alkyl halides is 2. The van der Waals surface area contributed by atoms with Crippen LogP contribution in [0.5, 0.6) is 5.75 Å². The maximum absolute atomic E-state index is 13.7. The van der Waals surface area contributed by atoms with Crippen LogP contribution in [0.25, 0.3) is 11.3 Å². The minimum absolute atomic E-state index is 0.0316. The van der Waals surface area contributed by atoms with Gasteiger partial charge in [-0.3, -0.25) is 9.48 Å². The zero-order valence-electron chi connectivity index (χ0n) is 16.6. The number of aromatic nitrogens is 2. The van der Waals surface area contributed by atoms with Crippen LogP contribution in [0.1, 0.15) is 16.1 Å². The number of urea groups is 1. The third kappa shape index (κ3) is 4.36. The Hall–Kier alpha value is -4.02. The topological polar surface area (TPSA) is 102 Å². The second kappa shape index (κ2) is 8.61. The van der Waals surface area contributed by atoms with Gasteiger partial charge in [0.05, 0.1) is 24.3 Å². The average Bonchev–Trinajstić information content (AvgIpc) is 3.14. The van der Waals surface area contributed by atoms with Crippen molar-refractivity contribution in [2.75, 3.05) is 11.9 Å². The molecule has 0 saturated carbocycles. The Kier molecular flexibility index (Phi) is 5.71. The van der Waals surface area contributed by atoms with Crippen LogP contribution < -0.4 is 15.8 Å². The van der Waals surface area contributed by atoms with Gasteiger partial charge in [0.1, 0.15) is 17.3 Å². The van der Waals surface area contributed by atoms with Gasteiger partial charge in [-0.05, 0) is 36.4 Å². The molecule has 3 N–H and O–H groups in total. The molecule has 0 bridgehead atoms. The number of primary amides is 1. The second-order valence-electron chi connectivity index (χ2n) is 7.02. The quantitative estimate of drug-likeness (QED) is 0.628. The summed E-state index contributed by atoms with van der Waals surface area (Å²) in [5.74, 6) is -1.24. The van der Waals surface area contributed by atoms with Crippen LogP contribution in [0.2, 0.25) is 0 Å². The number of anilines is 1. The first kappa shape index (κ1) is 21.2. The molecular formula is C21H18F3N5O3. The molecule has 4 rings (SSSR count). The summed E-state index contributed by atoms with van der Waals surface area (Å²) in [5, 5.41) is 7.08. The zero-order valence-corrected chi connectivity index (χ0v) is 16.6. The van der Waals surface area contributed by atoms with Crippen molar-refractivity contribution in [3.05, 3.63) is 65.6 Å². The number of carbonyl (C=O) groups excluding carboxylic acids is 2. The number of carbonyl (C=O) groups is 2. The fourth-order valence-corrected chi connectivity index (χ4v) is 3.51. The number of nitrogens with one attached hydrogen (secondary N) is 1. The van der Waals surface area contributed by atoms with Gasteiger partial charge in [0, 0.05) is 17.8 Å². The van der Waals surface area contributed by atoms with Crippen molar-refractivity contribution in [2.24, 2.45) is 5.73 Å². The maximum Gasteiger partial charge on any atom is 0.387 e. The normalized spacial score (nSPS) is 13.1. The molecule has 0 atom stereocenters. The Morgan fingerprint density at radius 3 is 2.53 bits per heavy atom. The number of hydrogen-bond donors (Lipinski definition) is 2. The molecule has 2 heterocycles. The fraction of sp³-hybridized carbons (Fsp3) is 0.190. The highest BCUT2D eigenvalue weighted by atomic mass is 19.3. The lowest BCUT2D eigenvalue weighted by atomic mass is 10.0. The van der Waals surface area contributed by atoms with E-state index in [9.17, 15) is 22.8 Å². The van der Waals surface area contributed by atoms with Gasteiger partial charge < -0.3 is 20.7 Å². The van der Waals surface area contributed by atoms with Gasteiger partial charge in [0.25, 0.3) is 5.91 Å². The van der Waals surface area contributed by atoms with Gasteiger partial charge in [-0.1, -0.05) is 12.1 Å². The highest BCUT2D eigenvalue weighted by Crippen LogP contribution is 2.29. The average molecular weight is 445 g/mol. The van der Waals surface area contributed by atoms with Crippen LogP contribution in [0, 0.1) is 5.82 Å². The minimum atomic E-state index is -2.94. The molecule has 1 aromatic heterocycles. The first-order chi connectivity index (χ1) is 15.3. The third-order valence-corrected chi connectivity index (χ3v) is 4.94. The summed E-state index contributed by atoms with van der Waals surface area (Å²) < 4.78 is 44.1. The molecule has 0 fully saturated rings. The molecule has 11 heteroatoms. The summed E-state index contributed by atoms with van der Waals surface area (Å²) in [6.07, 6.45) is 0. The Bertz CT molecular complexity index is 1160. The first-order valence-electron chi connectivity index (χ1n) is 9.58. The zero-order chi connectivity index (χ0) is 22.8. The molecule has 8 nitrogen and oxygen atoms in total. The van der Waals surface area contributed by atoms with Gasteiger partial charge in [-0.2, -0.15) is 13.9 Å². The molecule has 32 heavy (non-hydrogen) atoms. The summed E-state index contributed by atoms with van der Waals surface area (Å²) in [7, 11) is 0. The molecule has 2 aromatic carbocycles. The molecule has 1 aliphatic heterocycles. The third-order valence-electron chi connectivity index (χ3n) is 4.94. The molecule has 0 radical (unpaired) electrons. The predicted octanol–water partition coefficient (Wildman–Crippen LogP) is 3.44. The van der Waals surface area contributed by atoms with Crippen LogP contribution in [0.4, 0.5) is 23.7 Å². The van der Waals surface area contributed by atoms with Gasteiger partial charge >= 0.3 is 12.6 Å². The molecule has 3 aromatic rings. The molecule has 3 amide bonds. The lowest BCUT2D eigenvalue weighted by Gasteiger charge is -2.28. The van der Waals surface area contributed by atoms with Crippen LogP contribution in [-0.2, 0) is 13.1 Å². The number of nitrogens with zero attached hydrogens (tertiary/aromatic N) is 3. The number of halogens is 3. The lowest BCUT2D eigenvalue weighted by Crippen LogP contribution is -2.41. The SMILES string of the molecule is NC(=O)c1c(-c2cccc(F)c2)nn2c1CN(C(=O)Nc1ccc(OC(F)F)cc1)CC2. The summed E-state index contributed by atoms with van der Waals surface area (Å²) >= 11 is 0. The van der Waals surface area contributed by atoms with Gasteiger partial charge in [0.15, 0.2) is 0 Å². The van der Waals surface area contributed by atoms with Gasteiger partial charge in [-0.15, -0.1) is 0 Å². The van der Waals surface area contributed by atoms with E-state index in [1.165, 1.54) is 47.4 Å². The lowest BCUT2D eigenvalue weighted by molar-refractivity contribution is -0.0498. The summed E-state index contributed by atoms with van der Waals surface area (Å²) in [4.78, 5) is 26.4. The molecule has 0 spiro atoms. The van der Waals surface area contributed by atoms with Crippen LogP contribution >= 0.6 is 0 Å². The maximum atomic E-state index is 13.7. The number of nitrogens with two attached hydrogens (primary N) is 1. The number of fused-ring (bicyclic) bond motifs is 1. The van der Waals surface area contributed by atoms with Crippen molar-refractivity contribution in [1.82, 2.24) is 14.7 Å². The predicted molar refractivity (Wildman–Crippen MR) is 109 cm³/mol. The number of hydrogen-bond acceptors (Lipinski definition) is 4. The van der Waals surface area contributed by atoms with Crippen molar-refractivity contribution >= 4 is 17.6 Å². The van der Waals surface area contributed by atoms with Crippen molar-refractivity contribution in [2.45, 2.75) is 19.7 Å². The van der Waals surface area contributed by atoms with Crippen LogP contribution in [-0.4, -0.2) is 39.8 Å². The Labute approximate surface area is 180 Å². The van der Waals surface area contributed by atoms with E-state index >= 15 is 0 Å². The highest BCUT2D eigenvalue weighted by molar-refractivity contribution is 6.00. The summed E-state index contributed by atoms with van der Waals surface area (Å²) in [5.41, 5.74) is 7.19. The highest BCUT2D eigenvalue weighted by Gasteiger charge is 2.29. The van der Waals surface area contributed by atoms with E-state index in [1.54, 1.807) is 10.7 Å². The fourth-order valence-electron chi connectivity index (χ4n) is 3.51. The summed E-state index contributed by atoms with van der Waals surface area (Å²) in [6.45, 7) is -2.28. The van der Waals surface area contributed by atoms with Gasteiger partial charge in [-0.25, -0.2) is 9.18 Å². The van der Waals surface area contributed by atoms with E-state index in [0.29, 0.717) is 30.0 Å². The Morgan fingerprint density at radius 2 is 1.88 bits per heavy atom. The number of rotatable bonds is 5. The van der Waals surface area contributed by atoms with Crippen molar-refractivity contribution in [1.29, 1.82) is 0 Å². The molecule has 0 aliphatic carbocycles. The molecule has 0 unspecified atom stereocenters. The first-order valence-corrected chi connectivity index (χ1v) is 9.58. The number of ether oxygens (including phenoxy) is 1. The summed E-state index contributed by atoms with van der Waals surface area (Å²) in [6, 6.07) is 10.7. The van der Waals surface area contributed by atoms with Crippen LogP contribution in [0.3, 0.4) is 0 Å². The largest absolute Gasteiger partial charge is 0.435 e. The van der Waals surface area contributed by atoms with E-state index in [2.05, 4.69) is 15.2 Å². The van der Waals surface area contributed by atoms with E-state index in [-0.39, 0.29) is 23.6 Å². The smallest absolute Gasteiger partial charge is 0.387 e. The van der Waals surface area contributed by atoms with Crippen LogP contribution in [0.15, 0.2) is 48.5 Å². The molecule has 166 valence electrons. The van der Waals surface area contributed by atoms with E-state index in [1.807, 2.05) is 0 Å². The Morgan fingerprint density at radius 1 is 1.12 bits per heavy atom. The standard InChI is InChI=1S/C21H18F3N5O3/c22-13-3-1-2-12(10-13)18-17(19(25)30)16-11-28(8-9-29(16)27-18)21(31)26-14-4-6-15(7-5-14)32-20(23)24/h1-7,10,20H,8-9,11H2,(H2,25,30)(H,26,31). The van der Waals surface area contributed by atoms with Crippen molar-refractivity contribution < 1.29 is 27.5 Å². The van der Waals surface area contributed by atoms with Gasteiger partial charge in [0.2, 0.25) is 0 Å².